The molecule has 2 aromatic carbocycles. The van der Waals surface area contributed by atoms with Gasteiger partial charge < -0.3 is 0 Å². The summed E-state index contributed by atoms with van der Waals surface area (Å²) < 4.78 is 0. The second-order valence-electron chi connectivity index (χ2n) is 5.31. The molecule has 1 heterocycles. The van der Waals surface area contributed by atoms with E-state index in [9.17, 15) is 4.79 Å². The van der Waals surface area contributed by atoms with Gasteiger partial charge in [-0.2, -0.15) is 5.26 Å². The van der Waals surface area contributed by atoms with Crippen molar-refractivity contribution < 1.29 is 4.79 Å². The van der Waals surface area contributed by atoms with Crippen LogP contribution < -0.4 is 5.32 Å². The van der Waals surface area contributed by atoms with Gasteiger partial charge in [-0.3, -0.25) is 10.1 Å². The number of nitriles is 1. The average Bonchev–Trinajstić information content (AvgIpc) is 2.95. The molecule has 3 rings (SSSR count). The standard InChI is InChI=1S/C19H15N3OS/c20-13-21-19-22-18(23)17(24-19)12-16-10-8-15(9-11-16)7-6-14-4-2-1-3-5-14/h1-5,8-12H,6-7H2,(H,21,22,23). The van der Waals surface area contributed by atoms with Crippen molar-refractivity contribution in [1.29, 1.82) is 5.26 Å². The van der Waals surface area contributed by atoms with Crippen LogP contribution in [0.5, 0.6) is 0 Å². The molecule has 0 radical (unpaired) electrons. The lowest BCUT2D eigenvalue weighted by Gasteiger charge is -2.03. The molecule has 0 unspecified atom stereocenters. The average molecular weight is 333 g/mol. The number of amides is 1. The van der Waals surface area contributed by atoms with Crippen LogP contribution in [0.25, 0.3) is 6.08 Å². The van der Waals surface area contributed by atoms with Gasteiger partial charge in [-0.25, -0.2) is 0 Å². The molecular formula is C19H15N3OS. The van der Waals surface area contributed by atoms with Crippen molar-refractivity contribution in [2.75, 3.05) is 0 Å². The molecule has 0 atom stereocenters. The number of nitrogens with zero attached hydrogens (tertiary/aromatic N) is 2. The van der Waals surface area contributed by atoms with E-state index >= 15 is 0 Å². The van der Waals surface area contributed by atoms with E-state index in [4.69, 9.17) is 5.26 Å². The number of aliphatic imine (C=N–C) groups is 1. The Morgan fingerprint density at radius 1 is 1.04 bits per heavy atom. The molecule has 0 aliphatic carbocycles. The summed E-state index contributed by atoms with van der Waals surface area (Å²) in [4.78, 5) is 15.9. The van der Waals surface area contributed by atoms with Gasteiger partial charge in [0.05, 0.1) is 4.91 Å². The molecule has 1 aliphatic heterocycles. The van der Waals surface area contributed by atoms with Gasteiger partial charge in [0.1, 0.15) is 0 Å². The fourth-order valence-corrected chi connectivity index (χ4v) is 3.17. The summed E-state index contributed by atoms with van der Waals surface area (Å²) in [6.45, 7) is 0. The SMILES string of the molecule is N#CN=C1NC(=O)C(=Cc2ccc(CCc3ccccc3)cc2)S1. The quantitative estimate of drug-likeness (QED) is 0.688. The zero-order valence-electron chi connectivity index (χ0n) is 12.9. The van der Waals surface area contributed by atoms with Crippen LogP contribution in [0.4, 0.5) is 0 Å². The van der Waals surface area contributed by atoms with Crippen molar-refractivity contribution in [2.45, 2.75) is 12.8 Å². The lowest BCUT2D eigenvalue weighted by Crippen LogP contribution is -2.19. The Morgan fingerprint density at radius 2 is 1.71 bits per heavy atom. The van der Waals surface area contributed by atoms with Crippen molar-refractivity contribution in [1.82, 2.24) is 5.32 Å². The Labute approximate surface area is 144 Å². The Kier molecular flexibility index (Phi) is 5.09. The first-order chi connectivity index (χ1) is 11.7. The van der Waals surface area contributed by atoms with Crippen LogP contribution in [-0.4, -0.2) is 11.1 Å². The van der Waals surface area contributed by atoms with Crippen LogP contribution in [0.3, 0.4) is 0 Å². The van der Waals surface area contributed by atoms with Crippen LogP contribution >= 0.6 is 11.8 Å². The van der Waals surface area contributed by atoms with Gasteiger partial charge in [0.15, 0.2) is 5.17 Å². The molecular weight excluding hydrogens is 318 g/mol. The molecule has 1 amide bonds. The largest absolute Gasteiger partial charge is 0.300 e. The Balaban J connectivity index is 1.65. The number of nitrogens with one attached hydrogen (secondary N) is 1. The van der Waals surface area contributed by atoms with E-state index in [0.29, 0.717) is 10.1 Å². The predicted molar refractivity (Wildman–Crippen MR) is 97.1 cm³/mol. The number of benzene rings is 2. The van der Waals surface area contributed by atoms with Crippen LogP contribution in [-0.2, 0) is 17.6 Å². The van der Waals surface area contributed by atoms with E-state index in [1.807, 2.05) is 18.2 Å². The molecule has 0 bridgehead atoms. The zero-order chi connectivity index (χ0) is 16.8. The first-order valence-corrected chi connectivity index (χ1v) is 8.37. The van der Waals surface area contributed by atoms with E-state index in [1.54, 1.807) is 12.3 Å². The molecule has 24 heavy (non-hydrogen) atoms. The van der Waals surface area contributed by atoms with Crippen molar-refractivity contribution in [3.63, 3.8) is 0 Å². The highest BCUT2D eigenvalue weighted by molar-refractivity contribution is 8.18. The normalized spacial score (nSPS) is 17.0. The van der Waals surface area contributed by atoms with Gasteiger partial charge in [0.25, 0.3) is 5.91 Å². The molecule has 2 aromatic rings. The van der Waals surface area contributed by atoms with Crippen molar-refractivity contribution in [3.8, 4) is 6.19 Å². The maximum Gasteiger partial charge on any atom is 0.264 e. The third kappa shape index (κ3) is 4.12. The van der Waals surface area contributed by atoms with Gasteiger partial charge in [-0.1, -0.05) is 54.6 Å². The summed E-state index contributed by atoms with van der Waals surface area (Å²) >= 11 is 1.18. The second-order valence-corrected chi connectivity index (χ2v) is 6.34. The van der Waals surface area contributed by atoms with Gasteiger partial charge in [0, 0.05) is 0 Å². The Hall–Kier alpha value is -2.84. The summed E-state index contributed by atoms with van der Waals surface area (Å²) in [5.74, 6) is -0.220. The van der Waals surface area contributed by atoms with Gasteiger partial charge in [-0.15, -0.1) is 4.99 Å². The molecule has 4 nitrogen and oxygen atoms in total. The number of amidine groups is 1. The predicted octanol–water partition coefficient (Wildman–Crippen LogP) is 3.51. The lowest BCUT2D eigenvalue weighted by atomic mass is 10.0. The molecule has 118 valence electrons. The van der Waals surface area contributed by atoms with Gasteiger partial charge in [-0.05, 0) is 47.4 Å². The van der Waals surface area contributed by atoms with Crippen LogP contribution in [0.2, 0.25) is 0 Å². The third-order valence-corrected chi connectivity index (χ3v) is 4.53. The number of hydrogen-bond donors (Lipinski definition) is 1. The first-order valence-electron chi connectivity index (χ1n) is 7.55. The van der Waals surface area contributed by atoms with E-state index in [-0.39, 0.29) is 5.91 Å². The van der Waals surface area contributed by atoms with E-state index < -0.39 is 0 Å². The van der Waals surface area contributed by atoms with Crippen LogP contribution in [0.15, 0.2) is 64.5 Å². The topological polar surface area (TPSA) is 65.2 Å². The monoisotopic (exact) mass is 333 g/mol. The van der Waals surface area contributed by atoms with Crippen molar-refractivity contribution in [2.24, 2.45) is 4.99 Å². The molecule has 1 fully saturated rings. The summed E-state index contributed by atoms with van der Waals surface area (Å²) in [5.41, 5.74) is 3.54. The lowest BCUT2D eigenvalue weighted by molar-refractivity contribution is -0.115. The minimum absolute atomic E-state index is 0.220. The fraction of sp³-hybridized carbons (Fsp3) is 0.105. The Bertz CT molecular complexity index is 833. The number of rotatable bonds is 4. The highest BCUT2D eigenvalue weighted by atomic mass is 32.2. The molecule has 5 heteroatoms. The number of carbonyl (C=O) groups is 1. The van der Waals surface area contributed by atoms with Gasteiger partial charge >= 0.3 is 0 Å². The number of carbonyl (C=O) groups excluding carboxylic acids is 1. The smallest absolute Gasteiger partial charge is 0.264 e. The number of thioether (sulfide) groups is 1. The molecule has 1 saturated heterocycles. The summed E-state index contributed by atoms with van der Waals surface area (Å²) in [6, 6.07) is 18.6. The molecule has 0 saturated carbocycles. The molecule has 0 aromatic heterocycles. The number of aryl methyl sites for hydroxylation is 2. The summed E-state index contributed by atoms with van der Waals surface area (Å²) in [6.07, 6.45) is 5.47. The molecule has 0 spiro atoms. The highest BCUT2D eigenvalue weighted by Gasteiger charge is 2.23. The van der Waals surface area contributed by atoms with E-state index in [2.05, 4.69) is 46.7 Å². The Morgan fingerprint density at radius 3 is 2.38 bits per heavy atom. The van der Waals surface area contributed by atoms with E-state index in [1.165, 1.54) is 22.9 Å². The minimum Gasteiger partial charge on any atom is -0.300 e. The van der Waals surface area contributed by atoms with Gasteiger partial charge in [0.2, 0.25) is 6.19 Å². The maximum absolute atomic E-state index is 11.8. The van der Waals surface area contributed by atoms with Crippen molar-refractivity contribution >= 4 is 28.9 Å². The zero-order valence-corrected chi connectivity index (χ0v) is 13.7. The fourth-order valence-electron chi connectivity index (χ4n) is 2.39. The molecule has 1 aliphatic rings. The first kappa shape index (κ1) is 16.0. The minimum atomic E-state index is -0.220. The maximum atomic E-state index is 11.8. The summed E-state index contributed by atoms with van der Waals surface area (Å²) in [7, 11) is 0. The summed E-state index contributed by atoms with van der Waals surface area (Å²) in [5, 5.41) is 11.4. The third-order valence-electron chi connectivity index (χ3n) is 3.63. The second kappa shape index (κ2) is 7.62. The van der Waals surface area contributed by atoms with Crippen LogP contribution in [0, 0.1) is 11.5 Å². The van der Waals surface area contributed by atoms with E-state index in [0.717, 1.165) is 18.4 Å². The van der Waals surface area contributed by atoms with Crippen molar-refractivity contribution in [3.05, 3.63) is 76.2 Å². The highest BCUT2D eigenvalue weighted by Crippen LogP contribution is 2.26. The van der Waals surface area contributed by atoms with Crippen LogP contribution in [0.1, 0.15) is 16.7 Å². The molecule has 1 N–H and O–H groups in total. The number of hydrogen-bond acceptors (Lipinski definition) is 4.